The van der Waals surface area contributed by atoms with Gasteiger partial charge in [-0.05, 0) is 67.6 Å². The van der Waals surface area contributed by atoms with Crippen molar-refractivity contribution in [3.05, 3.63) is 54.1 Å². The van der Waals surface area contributed by atoms with Gasteiger partial charge in [-0.25, -0.2) is 0 Å². The molecular formula is C23H28N4O3. The fourth-order valence-electron chi connectivity index (χ4n) is 3.45. The number of nitrogens with one attached hydrogen (secondary N) is 3. The van der Waals surface area contributed by atoms with Crippen molar-refractivity contribution >= 4 is 34.8 Å². The molecule has 1 fully saturated rings. The Kier molecular flexibility index (Phi) is 7.43. The maximum Gasteiger partial charge on any atom is 0.313 e. The van der Waals surface area contributed by atoms with Gasteiger partial charge in [-0.15, -0.1) is 0 Å². The Balaban J connectivity index is 1.41. The number of rotatable bonds is 6. The van der Waals surface area contributed by atoms with Crippen molar-refractivity contribution in [1.82, 2.24) is 5.32 Å². The van der Waals surface area contributed by atoms with Gasteiger partial charge in [0.05, 0.1) is 0 Å². The highest BCUT2D eigenvalue weighted by Gasteiger charge is 2.14. The molecule has 3 rings (SSSR count). The van der Waals surface area contributed by atoms with Crippen molar-refractivity contribution in [2.24, 2.45) is 0 Å². The largest absolute Gasteiger partial charge is 0.372 e. The van der Waals surface area contributed by atoms with E-state index in [4.69, 9.17) is 0 Å². The van der Waals surface area contributed by atoms with Crippen LogP contribution in [0.2, 0.25) is 0 Å². The predicted octanol–water partition coefficient (Wildman–Crippen LogP) is 2.93. The van der Waals surface area contributed by atoms with Crippen molar-refractivity contribution < 1.29 is 14.4 Å². The summed E-state index contributed by atoms with van der Waals surface area (Å²) in [4.78, 5) is 37.5. The van der Waals surface area contributed by atoms with Gasteiger partial charge in [0.2, 0.25) is 5.91 Å². The van der Waals surface area contributed by atoms with Gasteiger partial charge in [0.25, 0.3) is 0 Å². The lowest BCUT2D eigenvalue weighted by molar-refractivity contribution is -0.136. The highest BCUT2D eigenvalue weighted by atomic mass is 16.2. The molecular weight excluding hydrogens is 380 g/mol. The van der Waals surface area contributed by atoms with Gasteiger partial charge in [-0.1, -0.05) is 12.1 Å². The van der Waals surface area contributed by atoms with E-state index in [0.29, 0.717) is 24.3 Å². The highest BCUT2D eigenvalue weighted by Crippen LogP contribution is 2.20. The first kappa shape index (κ1) is 21.4. The summed E-state index contributed by atoms with van der Waals surface area (Å²) >= 11 is 0. The van der Waals surface area contributed by atoms with Crippen LogP contribution in [-0.4, -0.2) is 37.4 Å². The van der Waals surface area contributed by atoms with E-state index in [1.165, 1.54) is 31.9 Å². The van der Waals surface area contributed by atoms with Gasteiger partial charge in [0.1, 0.15) is 0 Å². The van der Waals surface area contributed by atoms with Crippen LogP contribution in [0.15, 0.2) is 48.5 Å². The van der Waals surface area contributed by atoms with Gasteiger partial charge >= 0.3 is 11.8 Å². The molecule has 0 spiro atoms. The van der Waals surface area contributed by atoms with Crippen molar-refractivity contribution in [2.45, 2.75) is 32.6 Å². The monoisotopic (exact) mass is 408 g/mol. The van der Waals surface area contributed by atoms with Crippen LogP contribution in [0.5, 0.6) is 0 Å². The van der Waals surface area contributed by atoms with Crippen molar-refractivity contribution in [3.8, 4) is 0 Å². The second-order valence-corrected chi connectivity index (χ2v) is 7.43. The molecule has 1 heterocycles. The first-order valence-corrected chi connectivity index (χ1v) is 10.3. The predicted molar refractivity (Wildman–Crippen MR) is 119 cm³/mol. The van der Waals surface area contributed by atoms with Crippen LogP contribution in [0.1, 0.15) is 31.7 Å². The lowest BCUT2D eigenvalue weighted by Gasteiger charge is -2.28. The Morgan fingerprint density at radius 2 is 1.40 bits per heavy atom. The molecule has 0 unspecified atom stereocenters. The van der Waals surface area contributed by atoms with Crippen LogP contribution in [0.25, 0.3) is 0 Å². The van der Waals surface area contributed by atoms with Crippen LogP contribution >= 0.6 is 0 Å². The minimum atomic E-state index is -0.720. The molecule has 1 aliphatic heterocycles. The number of anilines is 3. The van der Waals surface area contributed by atoms with E-state index in [1.807, 2.05) is 0 Å². The van der Waals surface area contributed by atoms with E-state index in [0.717, 1.165) is 18.7 Å². The first-order valence-electron chi connectivity index (χ1n) is 10.3. The third-order valence-electron chi connectivity index (χ3n) is 5.03. The summed E-state index contributed by atoms with van der Waals surface area (Å²) in [5, 5.41) is 7.83. The van der Waals surface area contributed by atoms with Crippen LogP contribution in [0.3, 0.4) is 0 Å². The Labute approximate surface area is 176 Å². The molecule has 2 aromatic rings. The molecule has 7 heteroatoms. The zero-order chi connectivity index (χ0) is 21.3. The molecule has 3 N–H and O–H groups in total. The van der Waals surface area contributed by atoms with Crippen LogP contribution in [0, 0.1) is 0 Å². The molecule has 1 saturated heterocycles. The number of nitrogens with zero attached hydrogens (tertiary/aromatic N) is 1. The number of carbonyl (C=O) groups is 3. The van der Waals surface area contributed by atoms with E-state index in [-0.39, 0.29) is 5.91 Å². The van der Waals surface area contributed by atoms with Crippen LogP contribution < -0.4 is 20.9 Å². The normalized spacial score (nSPS) is 13.4. The number of hydrogen-bond donors (Lipinski definition) is 3. The Morgan fingerprint density at radius 1 is 0.800 bits per heavy atom. The average molecular weight is 409 g/mol. The van der Waals surface area contributed by atoms with Crippen LogP contribution in [-0.2, 0) is 20.8 Å². The lowest BCUT2D eigenvalue weighted by Crippen LogP contribution is -2.36. The molecule has 158 valence electrons. The molecule has 2 aromatic carbocycles. The second-order valence-electron chi connectivity index (χ2n) is 7.43. The van der Waals surface area contributed by atoms with E-state index in [9.17, 15) is 14.4 Å². The Hall–Kier alpha value is -3.35. The molecule has 0 radical (unpaired) electrons. The molecule has 0 bridgehead atoms. The summed E-state index contributed by atoms with van der Waals surface area (Å²) < 4.78 is 0. The molecule has 0 saturated carbocycles. The molecule has 0 aliphatic carbocycles. The van der Waals surface area contributed by atoms with E-state index >= 15 is 0 Å². The topological polar surface area (TPSA) is 90.5 Å². The van der Waals surface area contributed by atoms with Crippen LogP contribution in [0.4, 0.5) is 17.1 Å². The lowest BCUT2D eigenvalue weighted by atomic mass is 10.1. The number of amides is 3. The molecule has 30 heavy (non-hydrogen) atoms. The summed E-state index contributed by atoms with van der Waals surface area (Å²) in [5.41, 5.74) is 3.46. The Morgan fingerprint density at radius 3 is 2.00 bits per heavy atom. The number of carbonyl (C=O) groups excluding carboxylic acids is 3. The number of hydrogen-bond acceptors (Lipinski definition) is 4. The third-order valence-corrected chi connectivity index (χ3v) is 5.03. The summed E-state index contributed by atoms with van der Waals surface area (Å²) in [7, 11) is 0. The van der Waals surface area contributed by atoms with Gasteiger partial charge < -0.3 is 20.9 Å². The van der Waals surface area contributed by atoms with Gasteiger partial charge in [0, 0.05) is 43.6 Å². The second kappa shape index (κ2) is 10.4. The summed E-state index contributed by atoms with van der Waals surface area (Å²) in [6.45, 7) is 4.03. The quantitative estimate of drug-likeness (QED) is 0.641. The van der Waals surface area contributed by atoms with E-state index in [2.05, 4.69) is 45.1 Å². The fraction of sp³-hybridized carbons (Fsp3) is 0.348. The maximum absolute atomic E-state index is 12.0. The van der Waals surface area contributed by atoms with Gasteiger partial charge in [-0.3, -0.25) is 14.4 Å². The highest BCUT2D eigenvalue weighted by molar-refractivity contribution is 6.39. The van der Waals surface area contributed by atoms with Crippen molar-refractivity contribution in [1.29, 1.82) is 0 Å². The molecule has 7 nitrogen and oxygen atoms in total. The van der Waals surface area contributed by atoms with Crippen molar-refractivity contribution in [3.63, 3.8) is 0 Å². The smallest absolute Gasteiger partial charge is 0.313 e. The molecule has 3 amide bonds. The fourth-order valence-corrected chi connectivity index (χ4v) is 3.45. The minimum Gasteiger partial charge on any atom is -0.372 e. The first-order chi connectivity index (χ1) is 14.5. The zero-order valence-electron chi connectivity index (χ0n) is 17.2. The summed E-state index contributed by atoms with van der Waals surface area (Å²) in [5.74, 6) is -1.57. The number of piperidine rings is 1. The standard InChI is InChI=1S/C23H28N4O3/c1-17(28)25-19-7-9-20(10-8-19)26-23(30)22(29)24-14-13-18-5-11-21(12-6-18)27-15-3-2-4-16-27/h5-12H,2-4,13-16H2,1H3,(H,24,29)(H,25,28)(H,26,30). The molecule has 0 aromatic heterocycles. The van der Waals surface area contributed by atoms with E-state index < -0.39 is 11.8 Å². The zero-order valence-corrected chi connectivity index (χ0v) is 17.2. The molecule has 0 atom stereocenters. The Bertz CT molecular complexity index is 872. The maximum atomic E-state index is 12.0. The number of benzene rings is 2. The minimum absolute atomic E-state index is 0.174. The summed E-state index contributed by atoms with van der Waals surface area (Å²) in [6, 6.07) is 15.0. The average Bonchev–Trinajstić information content (AvgIpc) is 2.76. The van der Waals surface area contributed by atoms with Crippen molar-refractivity contribution in [2.75, 3.05) is 35.2 Å². The van der Waals surface area contributed by atoms with E-state index in [1.54, 1.807) is 24.3 Å². The van der Waals surface area contributed by atoms with Gasteiger partial charge in [-0.2, -0.15) is 0 Å². The van der Waals surface area contributed by atoms with Gasteiger partial charge in [0.15, 0.2) is 0 Å². The SMILES string of the molecule is CC(=O)Nc1ccc(NC(=O)C(=O)NCCc2ccc(N3CCCCC3)cc2)cc1. The summed E-state index contributed by atoms with van der Waals surface area (Å²) in [6.07, 6.45) is 4.46. The third kappa shape index (κ3) is 6.34. The molecule has 1 aliphatic rings.